The summed E-state index contributed by atoms with van der Waals surface area (Å²) < 4.78 is 0. The number of hydrogen-bond acceptors (Lipinski definition) is 4. The fraction of sp³-hybridized carbons (Fsp3) is 0.0588. The van der Waals surface area contributed by atoms with Gasteiger partial charge in [0.1, 0.15) is 16.7 Å². The van der Waals surface area contributed by atoms with Crippen molar-refractivity contribution in [3.63, 3.8) is 0 Å². The van der Waals surface area contributed by atoms with Gasteiger partial charge in [-0.05, 0) is 42.8 Å². The van der Waals surface area contributed by atoms with Gasteiger partial charge in [-0.3, -0.25) is 9.78 Å². The number of carbonyl (C=O) groups is 1. The van der Waals surface area contributed by atoms with Gasteiger partial charge in [0.15, 0.2) is 0 Å². The first-order chi connectivity index (χ1) is 11.1. The van der Waals surface area contributed by atoms with Crippen LogP contribution in [0.3, 0.4) is 0 Å². The van der Waals surface area contributed by atoms with Crippen molar-refractivity contribution < 1.29 is 4.79 Å². The van der Waals surface area contributed by atoms with E-state index in [4.69, 9.17) is 11.6 Å². The van der Waals surface area contributed by atoms with E-state index in [1.165, 1.54) is 0 Å². The van der Waals surface area contributed by atoms with Crippen LogP contribution in [0.15, 0.2) is 54.9 Å². The molecular formula is C17H13ClN4O. The van der Waals surface area contributed by atoms with Crippen molar-refractivity contribution >= 4 is 23.3 Å². The van der Waals surface area contributed by atoms with Crippen molar-refractivity contribution in [2.24, 2.45) is 0 Å². The summed E-state index contributed by atoms with van der Waals surface area (Å²) >= 11 is 5.82. The summed E-state index contributed by atoms with van der Waals surface area (Å²) in [5.74, 6) is 0.0438. The molecule has 3 aromatic rings. The molecule has 0 atom stereocenters. The van der Waals surface area contributed by atoms with E-state index in [9.17, 15) is 4.79 Å². The summed E-state index contributed by atoms with van der Waals surface area (Å²) in [5.41, 5.74) is 2.86. The lowest BCUT2D eigenvalue weighted by Crippen LogP contribution is -2.15. The Bertz CT molecular complexity index is 852. The van der Waals surface area contributed by atoms with Crippen LogP contribution in [0.5, 0.6) is 0 Å². The van der Waals surface area contributed by atoms with Crippen molar-refractivity contribution in [2.75, 3.05) is 5.32 Å². The molecule has 0 aliphatic rings. The zero-order chi connectivity index (χ0) is 16.2. The first-order valence-corrected chi connectivity index (χ1v) is 7.32. The Morgan fingerprint density at radius 3 is 2.70 bits per heavy atom. The Morgan fingerprint density at radius 1 is 1.09 bits per heavy atom. The summed E-state index contributed by atoms with van der Waals surface area (Å²) in [6.07, 6.45) is 3.45. The van der Waals surface area contributed by atoms with Crippen LogP contribution in [0.25, 0.3) is 11.1 Å². The molecule has 0 saturated carbocycles. The molecule has 3 heterocycles. The second kappa shape index (κ2) is 6.54. The molecule has 0 aromatic carbocycles. The van der Waals surface area contributed by atoms with Crippen LogP contribution in [0.1, 0.15) is 16.2 Å². The van der Waals surface area contributed by atoms with Crippen molar-refractivity contribution in [1.29, 1.82) is 0 Å². The van der Waals surface area contributed by atoms with Gasteiger partial charge in [0, 0.05) is 23.7 Å². The van der Waals surface area contributed by atoms with Crippen LogP contribution < -0.4 is 5.32 Å². The number of anilines is 1. The Labute approximate surface area is 138 Å². The number of nitrogens with zero attached hydrogens (tertiary/aromatic N) is 3. The van der Waals surface area contributed by atoms with Gasteiger partial charge in [-0.25, -0.2) is 9.97 Å². The van der Waals surface area contributed by atoms with Crippen molar-refractivity contribution in [1.82, 2.24) is 15.0 Å². The SMILES string of the molecule is Cc1cc(-c2cccnc2)cc(C(=O)Nc2cccc(Cl)n2)n1. The largest absolute Gasteiger partial charge is 0.305 e. The molecule has 0 aliphatic carbocycles. The number of aryl methyl sites for hydroxylation is 1. The number of pyridine rings is 3. The maximum absolute atomic E-state index is 12.4. The van der Waals surface area contributed by atoms with Gasteiger partial charge in [-0.1, -0.05) is 23.7 Å². The summed E-state index contributed by atoms with van der Waals surface area (Å²) in [4.78, 5) is 24.8. The summed E-state index contributed by atoms with van der Waals surface area (Å²) in [6.45, 7) is 1.84. The van der Waals surface area contributed by atoms with Gasteiger partial charge >= 0.3 is 0 Å². The lowest BCUT2D eigenvalue weighted by molar-refractivity contribution is 0.102. The Morgan fingerprint density at radius 2 is 1.96 bits per heavy atom. The van der Waals surface area contributed by atoms with Gasteiger partial charge in [-0.15, -0.1) is 0 Å². The summed E-state index contributed by atoms with van der Waals surface area (Å²) in [5, 5.41) is 3.01. The zero-order valence-corrected chi connectivity index (χ0v) is 13.1. The second-order valence-corrected chi connectivity index (χ2v) is 5.31. The predicted molar refractivity (Wildman–Crippen MR) is 89.4 cm³/mol. The normalized spacial score (nSPS) is 10.3. The minimum Gasteiger partial charge on any atom is -0.305 e. The van der Waals surface area contributed by atoms with E-state index in [-0.39, 0.29) is 5.91 Å². The lowest BCUT2D eigenvalue weighted by Gasteiger charge is -2.08. The first kappa shape index (κ1) is 15.1. The topological polar surface area (TPSA) is 67.8 Å². The van der Waals surface area contributed by atoms with Crippen molar-refractivity contribution in [3.8, 4) is 11.1 Å². The van der Waals surface area contributed by atoms with Crippen molar-refractivity contribution in [3.05, 3.63) is 71.4 Å². The second-order valence-electron chi connectivity index (χ2n) is 4.92. The fourth-order valence-electron chi connectivity index (χ4n) is 2.14. The fourth-order valence-corrected chi connectivity index (χ4v) is 2.31. The molecule has 0 aliphatic heterocycles. The Kier molecular flexibility index (Phi) is 4.30. The highest BCUT2D eigenvalue weighted by atomic mass is 35.5. The van der Waals surface area contributed by atoms with Crippen LogP contribution in [-0.2, 0) is 0 Å². The van der Waals surface area contributed by atoms with E-state index in [0.717, 1.165) is 16.8 Å². The van der Waals surface area contributed by atoms with Crippen LogP contribution >= 0.6 is 11.6 Å². The molecule has 3 aromatic heterocycles. The molecule has 114 valence electrons. The van der Waals surface area contributed by atoms with Crippen LogP contribution in [0, 0.1) is 6.92 Å². The van der Waals surface area contributed by atoms with Gasteiger partial charge in [0.25, 0.3) is 5.91 Å². The number of amides is 1. The first-order valence-electron chi connectivity index (χ1n) is 6.95. The molecule has 5 nitrogen and oxygen atoms in total. The maximum Gasteiger partial charge on any atom is 0.275 e. The molecule has 0 bridgehead atoms. The van der Waals surface area contributed by atoms with E-state index in [1.807, 2.05) is 25.1 Å². The van der Waals surface area contributed by atoms with E-state index in [0.29, 0.717) is 16.7 Å². The highest BCUT2D eigenvalue weighted by molar-refractivity contribution is 6.29. The standard InChI is InChI=1S/C17H13ClN4O/c1-11-8-13(12-4-3-7-19-10-12)9-14(20-11)17(23)22-16-6-2-5-15(18)21-16/h2-10H,1H3,(H,21,22,23). The zero-order valence-electron chi connectivity index (χ0n) is 12.3. The molecule has 0 unspecified atom stereocenters. The van der Waals surface area contributed by atoms with E-state index in [1.54, 1.807) is 36.7 Å². The Balaban J connectivity index is 1.90. The predicted octanol–water partition coefficient (Wildman–Crippen LogP) is 3.75. The number of carbonyl (C=O) groups excluding carboxylic acids is 1. The number of nitrogens with one attached hydrogen (secondary N) is 1. The lowest BCUT2D eigenvalue weighted by atomic mass is 10.1. The summed E-state index contributed by atoms with van der Waals surface area (Å²) in [7, 11) is 0. The van der Waals surface area contributed by atoms with Gasteiger partial charge in [0.2, 0.25) is 0 Å². The monoisotopic (exact) mass is 324 g/mol. The minimum atomic E-state index is -0.339. The third-order valence-electron chi connectivity index (χ3n) is 3.14. The number of halogens is 1. The highest BCUT2D eigenvalue weighted by Crippen LogP contribution is 2.20. The van der Waals surface area contributed by atoms with E-state index >= 15 is 0 Å². The molecule has 1 amide bonds. The molecule has 23 heavy (non-hydrogen) atoms. The van der Waals surface area contributed by atoms with Crippen LogP contribution in [-0.4, -0.2) is 20.9 Å². The molecule has 0 saturated heterocycles. The minimum absolute atomic E-state index is 0.311. The Hall–Kier alpha value is -2.79. The van der Waals surface area contributed by atoms with Gasteiger partial charge in [-0.2, -0.15) is 0 Å². The van der Waals surface area contributed by atoms with Crippen LogP contribution in [0.2, 0.25) is 5.15 Å². The third kappa shape index (κ3) is 3.70. The molecular weight excluding hydrogens is 312 g/mol. The van der Waals surface area contributed by atoms with Gasteiger partial charge < -0.3 is 5.32 Å². The maximum atomic E-state index is 12.4. The molecule has 6 heteroatoms. The quantitative estimate of drug-likeness (QED) is 0.745. The van der Waals surface area contributed by atoms with Gasteiger partial charge in [0.05, 0.1) is 0 Å². The van der Waals surface area contributed by atoms with Crippen molar-refractivity contribution in [2.45, 2.75) is 6.92 Å². The van der Waals surface area contributed by atoms with E-state index in [2.05, 4.69) is 20.3 Å². The number of rotatable bonds is 3. The number of aromatic nitrogens is 3. The van der Waals surface area contributed by atoms with E-state index < -0.39 is 0 Å². The average Bonchev–Trinajstić information content (AvgIpc) is 2.55. The molecule has 0 radical (unpaired) electrons. The average molecular weight is 325 g/mol. The summed E-state index contributed by atoms with van der Waals surface area (Å²) in [6, 6.07) is 12.4. The molecule has 0 fully saturated rings. The molecule has 1 N–H and O–H groups in total. The molecule has 3 rings (SSSR count). The third-order valence-corrected chi connectivity index (χ3v) is 3.35. The number of hydrogen-bond donors (Lipinski definition) is 1. The highest BCUT2D eigenvalue weighted by Gasteiger charge is 2.11. The van der Waals surface area contributed by atoms with Crippen LogP contribution in [0.4, 0.5) is 5.82 Å². The molecule has 0 spiro atoms. The smallest absolute Gasteiger partial charge is 0.275 e.